The average Bonchev–Trinajstić information content (AvgIpc) is 3.05. The number of hydrogen-bond donors (Lipinski definition) is 3. The van der Waals surface area contributed by atoms with Gasteiger partial charge in [0, 0.05) is 0 Å². The van der Waals surface area contributed by atoms with E-state index >= 15 is 0 Å². The van der Waals surface area contributed by atoms with Crippen molar-refractivity contribution in [3.63, 3.8) is 0 Å². The van der Waals surface area contributed by atoms with Crippen molar-refractivity contribution >= 4 is 64.5 Å². The van der Waals surface area contributed by atoms with Crippen molar-refractivity contribution in [2.75, 3.05) is 12.0 Å². The number of benzene rings is 2. The minimum Gasteiger partial charge on any atom is -0.427 e. The molecule has 0 radical (unpaired) electrons. The molecule has 0 aliphatic carbocycles. The van der Waals surface area contributed by atoms with Crippen molar-refractivity contribution in [3.8, 4) is 5.75 Å². The zero-order valence-electron chi connectivity index (χ0n) is 14.1. The van der Waals surface area contributed by atoms with Crippen molar-refractivity contribution in [2.45, 2.75) is 6.92 Å². The Morgan fingerprint density at radius 2 is 1.96 bits per heavy atom. The molecule has 0 unspecified atom stereocenters. The second-order valence-corrected chi connectivity index (χ2v) is 9.03. The summed E-state index contributed by atoms with van der Waals surface area (Å²) in [5, 5.41) is 3.48. The molecule has 2 aromatic carbocycles. The van der Waals surface area contributed by atoms with Crippen LogP contribution in [0.1, 0.15) is 6.92 Å². The molecule has 0 amide bonds. The third-order valence-electron chi connectivity index (χ3n) is 3.17. The second-order valence-electron chi connectivity index (χ2n) is 5.11. The van der Waals surface area contributed by atoms with Gasteiger partial charge >= 0.3 is 12.7 Å². The highest BCUT2D eigenvalue weighted by molar-refractivity contribution is 8.09. The van der Waals surface area contributed by atoms with Crippen LogP contribution in [0.3, 0.4) is 0 Å². The lowest BCUT2D eigenvalue weighted by Crippen LogP contribution is -2.38. The van der Waals surface area contributed by atoms with Crippen molar-refractivity contribution in [1.29, 1.82) is 0 Å². The van der Waals surface area contributed by atoms with Crippen LogP contribution in [-0.2, 0) is 16.3 Å². The summed E-state index contributed by atoms with van der Waals surface area (Å²) in [7, 11) is 0. The van der Waals surface area contributed by atoms with E-state index in [9.17, 15) is 0 Å². The predicted octanol–water partition coefficient (Wildman–Crippen LogP) is 4.61. The fourth-order valence-electron chi connectivity index (χ4n) is 2.09. The van der Waals surface area contributed by atoms with E-state index in [1.165, 1.54) is 0 Å². The molecule has 3 rings (SSSR count). The number of nitrogens with one attached hydrogen (secondary N) is 3. The fourth-order valence-corrected chi connectivity index (χ4v) is 4.96. The number of hydrazine groups is 1. The van der Waals surface area contributed by atoms with Crippen LogP contribution >= 0.6 is 30.5 Å². The highest BCUT2D eigenvalue weighted by atomic mass is 35.5. The zero-order chi connectivity index (χ0) is 19.3. The van der Waals surface area contributed by atoms with Gasteiger partial charge in [-0.1, -0.05) is 35.9 Å². The highest BCUT2D eigenvalue weighted by Crippen LogP contribution is 2.46. The van der Waals surface area contributed by atoms with Crippen LogP contribution in [0.25, 0.3) is 11.1 Å². The first-order valence-corrected chi connectivity index (χ1v) is 11.3. The molecule has 11 heteroatoms. The van der Waals surface area contributed by atoms with Gasteiger partial charge in [0.15, 0.2) is 10.7 Å². The summed E-state index contributed by atoms with van der Waals surface area (Å²) < 4.78 is 16.9. The number of halogens is 1. The van der Waals surface area contributed by atoms with Crippen molar-refractivity contribution < 1.29 is 13.5 Å². The number of hydrogen-bond acceptors (Lipinski definition) is 7. The number of thiocarbonyl (C=S) groups is 1. The smallest absolute Gasteiger partial charge is 0.341 e. The van der Waals surface area contributed by atoms with Gasteiger partial charge in [-0.25, -0.2) is 0 Å². The SMILES string of the molecule is CCO[P@](=S)(NC(=S)NNc1nc2ccccc2o1)Oc1ccccc1Cl. The summed E-state index contributed by atoms with van der Waals surface area (Å²) in [5.41, 5.74) is 6.91. The summed E-state index contributed by atoms with van der Waals surface area (Å²) in [6.45, 7) is -0.815. The van der Waals surface area contributed by atoms with E-state index in [4.69, 9.17) is 49.1 Å². The van der Waals surface area contributed by atoms with Crippen LogP contribution in [-0.4, -0.2) is 16.7 Å². The number of fused-ring (bicyclic) bond motifs is 1. The minimum absolute atomic E-state index is 0.168. The Bertz CT molecular complexity index is 967. The van der Waals surface area contributed by atoms with Gasteiger partial charge in [0.05, 0.1) is 11.6 Å². The maximum absolute atomic E-state index is 6.13. The molecule has 0 aliphatic heterocycles. The molecule has 0 fully saturated rings. The van der Waals surface area contributed by atoms with Crippen molar-refractivity contribution in [2.24, 2.45) is 0 Å². The maximum atomic E-state index is 6.13. The second kappa shape index (κ2) is 8.86. The Balaban J connectivity index is 1.64. The minimum atomic E-state index is -2.97. The van der Waals surface area contributed by atoms with Crippen LogP contribution in [0.2, 0.25) is 5.02 Å². The van der Waals surface area contributed by atoms with Gasteiger partial charge in [-0.3, -0.25) is 15.9 Å². The summed E-state index contributed by atoms with van der Waals surface area (Å²) in [6.07, 6.45) is 0. The topological polar surface area (TPSA) is 80.6 Å². The van der Waals surface area contributed by atoms with Crippen LogP contribution in [0.4, 0.5) is 6.01 Å². The van der Waals surface area contributed by atoms with E-state index in [2.05, 4.69) is 20.9 Å². The molecule has 0 aliphatic rings. The van der Waals surface area contributed by atoms with Gasteiger partial charge in [0.25, 0.3) is 0 Å². The summed E-state index contributed by atoms with van der Waals surface area (Å²) in [6, 6.07) is 14.6. The summed E-state index contributed by atoms with van der Waals surface area (Å²) >= 11 is 16.9. The van der Waals surface area contributed by atoms with Gasteiger partial charge in [-0.2, -0.15) is 4.98 Å². The molecule has 7 nitrogen and oxygen atoms in total. The highest BCUT2D eigenvalue weighted by Gasteiger charge is 2.23. The Morgan fingerprint density at radius 3 is 2.70 bits per heavy atom. The quantitative estimate of drug-likeness (QED) is 0.276. The lowest BCUT2D eigenvalue weighted by atomic mass is 10.3. The zero-order valence-corrected chi connectivity index (χ0v) is 17.4. The first-order valence-electron chi connectivity index (χ1n) is 7.87. The molecule has 1 heterocycles. The third-order valence-corrected chi connectivity index (χ3v) is 6.18. The van der Waals surface area contributed by atoms with E-state index in [0.29, 0.717) is 23.0 Å². The molecule has 1 aromatic heterocycles. The third kappa shape index (κ3) is 5.31. The molecule has 1 atom stereocenters. The van der Waals surface area contributed by atoms with Gasteiger partial charge < -0.3 is 13.5 Å². The number of aromatic nitrogens is 1. The Morgan fingerprint density at radius 1 is 1.22 bits per heavy atom. The van der Waals surface area contributed by atoms with Gasteiger partial charge in [-0.15, -0.1) is 0 Å². The average molecular weight is 443 g/mol. The molecule has 3 N–H and O–H groups in total. The fraction of sp³-hybridized carbons (Fsp3) is 0.125. The Labute approximate surface area is 171 Å². The van der Waals surface area contributed by atoms with Crippen LogP contribution < -0.4 is 20.5 Å². The van der Waals surface area contributed by atoms with Gasteiger partial charge in [0.2, 0.25) is 0 Å². The first kappa shape index (κ1) is 19.9. The van der Waals surface area contributed by atoms with Crippen LogP contribution in [0.5, 0.6) is 5.75 Å². The molecule has 0 spiro atoms. The van der Waals surface area contributed by atoms with E-state index < -0.39 is 6.64 Å². The molecular formula is C16H16ClN4O3PS2. The van der Waals surface area contributed by atoms with E-state index in [0.717, 1.165) is 5.52 Å². The summed E-state index contributed by atoms with van der Waals surface area (Å²) in [5.74, 6) is 0.415. The number of para-hydroxylation sites is 3. The molecule has 27 heavy (non-hydrogen) atoms. The molecular weight excluding hydrogens is 427 g/mol. The Hall–Kier alpha value is -1.90. The van der Waals surface area contributed by atoms with Gasteiger partial charge in [-0.05, 0) is 55.2 Å². The van der Waals surface area contributed by atoms with Crippen LogP contribution in [0, 0.1) is 0 Å². The van der Waals surface area contributed by atoms with Crippen LogP contribution in [0.15, 0.2) is 52.9 Å². The molecule has 0 saturated carbocycles. The number of nitrogens with zero attached hydrogens (tertiary/aromatic N) is 1. The Kier molecular flexibility index (Phi) is 6.51. The van der Waals surface area contributed by atoms with E-state index in [-0.39, 0.29) is 11.1 Å². The molecule has 0 saturated heterocycles. The molecule has 0 bridgehead atoms. The lowest BCUT2D eigenvalue weighted by Gasteiger charge is -2.24. The summed E-state index contributed by atoms with van der Waals surface area (Å²) in [4.78, 5) is 4.27. The monoisotopic (exact) mass is 442 g/mol. The van der Waals surface area contributed by atoms with Crippen molar-refractivity contribution in [1.82, 2.24) is 15.5 Å². The number of anilines is 1. The standard InChI is InChI=1S/C16H16ClN4O3PS2/c1-2-22-25(27,24-13-9-5-3-7-11(13)17)21-16(26)20-19-15-18-12-8-4-6-10-14(12)23-15/h3-10H,2H2,1H3,(H,18,19)(H2,20,21,26,27)/t25-/m1/s1. The normalized spacial score (nSPS) is 13.0. The van der Waals surface area contributed by atoms with E-state index in [1.807, 2.05) is 31.2 Å². The van der Waals surface area contributed by atoms with Gasteiger partial charge in [0.1, 0.15) is 11.3 Å². The molecule has 142 valence electrons. The lowest BCUT2D eigenvalue weighted by molar-refractivity contribution is 0.327. The first-order chi connectivity index (χ1) is 13.0. The predicted molar refractivity (Wildman–Crippen MR) is 114 cm³/mol. The van der Waals surface area contributed by atoms with Crippen molar-refractivity contribution in [3.05, 3.63) is 53.6 Å². The largest absolute Gasteiger partial charge is 0.427 e. The molecule has 3 aromatic rings. The van der Waals surface area contributed by atoms with E-state index in [1.54, 1.807) is 24.3 Å². The maximum Gasteiger partial charge on any atom is 0.341 e. The number of oxazole rings is 1. The number of rotatable bonds is 7.